The number of rotatable bonds is 4. The van der Waals surface area contributed by atoms with Gasteiger partial charge < -0.3 is 5.73 Å². The van der Waals surface area contributed by atoms with Crippen LogP contribution in [0.15, 0.2) is 6.20 Å². The summed E-state index contributed by atoms with van der Waals surface area (Å²) in [7, 11) is -3.16. The van der Waals surface area contributed by atoms with Gasteiger partial charge in [-0.3, -0.25) is 5.10 Å². The standard InChI is InChI=1S/C6H12N4O2S/c1-2-13(11,12)9-4-5-3-8-10-6(5)7/h3,9H,2,4H2,1H3,(H3,7,8,10). The molecule has 0 aromatic carbocycles. The first-order valence-corrected chi connectivity index (χ1v) is 5.45. The Bertz CT molecular complexity index is 370. The molecule has 0 bridgehead atoms. The molecule has 0 spiro atoms. The summed E-state index contributed by atoms with van der Waals surface area (Å²) in [5, 5.41) is 6.18. The molecule has 4 N–H and O–H groups in total. The van der Waals surface area contributed by atoms with Crippen LogP contribution in [0.4, 0.5) is 5.82 Å². The third-order valence-corrected chi connectivity index (χ3v) is 2.96. The summed E-state index contributed by atoms with van der Waals surface area (Å²) >= 11 is 0. The number of anilines is 1. The fourth-order valence-electron chi connectivity index (χ4n) is 0.752. The molecule has 0 aliphatic heterocycles. The summed E-state index contributed by atoms with van der Waals surface area (Å²) < 4.78 is 24.4. The molecule has 0 saturated heterocycles. The number of H-pyrrole nitrogens is 1. The lowest BCUT2D eigenvalue weighted by Gasteiger charge is -2.02. The van der Waals surface area contributed by atoms with Crippen molar-refractivity contribution in [2.24, 2.45) is 0 Å². The zero-order valence-corrected chi connectivity index (χ0v) is 8.06. The Morgan fingerprint density at radius 3 is 2.85 bits per heavy atom. The first kappa shape index (κ1) is 10.0. The van der Waals surface area contributed by atoms with Gasteiger partial charge in [-0.05, 0) is 6.92 Å². The Morgan fingerprint density at radius 2 is 2.38 bits per heavy atom. The van der Waals surface area contributed by atoms with E-state index in [9.17, 15) is 8.42 Å². The topological polar surface area (TPSA) is 101 Å². The highest BCUT2D eigenvalue weighted by atomic mass is 32.2. The van der Waals surface area contributed by atoms with E-state index in [-0.39, 0.29) is 12.3 Å². The molecule has 7 heteroatoms. The van der Waals surface area contributed by atoms with E-state index in [1.165, 1.54) is 6.20 Å². The molecule has 0 amide bonds. The van der Waals surface area contributed by atoms with E-state index in [1.54, 1.807) is 6.92 Å². The molecule has 0 saturated carbocycles. The van der Waals surface area contributed by atoms with Crippen molar-refractivity contribution in [2.45, 2.75) is 13.5 Å². The molecule has 1 aromatic rings. The average molecular weight is 204 g/mol. The van der Waals surface area contributed by atoms with Crippen LogP contribution in [0.1, 0.15) is 12.5 Å². The second kappa shape index (κ2) is 3.75. The lowest BCUT2D eigenvalue weighted by molar-refractivity contribution is 0.582. The van der Waals surface area contributed by atoms with Crippen molar-refractivity contribution in [3.8, 4) is 0 Å². The van der Waals surface area contributed by atoms with Gasteiger partial charge in [-0.2, -0.15) is 5.10 Å². The first-order valence-electron chi connectivity index (χ1n) is 3.80. The molecule has 1 aromatic heterocycles. The molecule has 0 aliphatic rings. The Morgan fingerprint density at radius 1 is 1.69 bits per heavy atom. The van der Waals surface area contributed by atoms with Gasteiger partial charge in [0, 0.05) is 12.1 Å². The number of nitrogen functional groups attached to an aromatic ring is 1. The maximum atomic E-state index is 11.0. The van der Waals surface area contributed by atoms with Crippen molar-refractivity contribution >= 4 is 15.8 Å². The normalized spacial score (nSPS) is 11.8. The van der Waals surface area contributed by atoms with Gasteiger partial charge in [0.2, 0.25) is 10.0 Å². The van der Waals surface area contributed by atoms with E-state index in [4.69, 9.17) is 5.73 Å². The predicted octanol–water partition coefficient (Wildman–Crippen LogP) is -0.569. The number of aromatic amines is 1. The summed E-state index contributed by atoms with van der Waals surface area (Å²) in [4.78, 5) is 0. The predicted molar refractivity (Wildman–Crippen MR) is 49.3 cm³/mol. The fraction of sp³-hybridized carbons (Fsp3) is 0.500. The van der Waals surface area contributed by atoms with Crippen LogP contribution in [0, 0.1) is 0 Å². The van der Waals surface area contributed by atoms with Crippen LogP contribution in [-0.4, -0.2) is 24.4 Å². The maximum Gasteiger partial charge on any atom is 0.211 e. The Kier molecular flexibility index (Phi) is 2.89. The Hall–Kier alpha value is -1.08. The molecular weight excluding hydrogens is 192 g/mol. The van der Waals surface area contributed by atoms with Crippen LogP contribution >= 0.6 is 0 Å². The lowest BCUT2D eigenvalue weighted by atomic mass is 10.3. The third kappa shape index (κ3) is 2.71. The van der Waals surface area contributed by atoms with Crippen LogP contribution < -0.4 is 10.5 Å². The van der Waals surface area contributed by atoms with Crippen LogP contribution in [0.3, 0.4) is 0 Å². The molecule has 0 fully saturated rings. The highest BCUT2D eigenvalue weighted by Crippen LogP contribution is 2.05. The van der Waals surface area contributed by atoms with Gasteiger partial charge in [0.05, 0.1) is 11.9 Å². The minimum Gasteiger partial charge on any atom is -0.384 e. The van der Waals surface area contributed by atoms with Gasteiger partial charge >= 0.3 is 0 Å². The highest BCUT2D eigenvalue weighted by Gasteiger charge is 2.07. The molecule has 13 heavy (non-hydrogen) atoms. The SMILES string of the molecule is CCS(=O)(=O)NCc1cn[nH]c1N. The van der Waals surface area contributed by atoms with Crippen molar-refractivity contribution in [3.05, 3.63) is 11.8 Å². The number of aromatic nitrogens is 2. The van der Waals surface area contributed by atoms with Gasteiger partial charge in [-0.1, -0.05) is 0 Å². The smallest absolute Gasteiger partial charge is 0.211 e. The number of hydrogen-bond donors (Lipinski definition) is 3. The zero-order valence-electron chi connectivity index (χ0n) is 7.24. The monoisotopic (exact) mass is 204 g/mol. The molecule has 1 heterocycles. The Balaban J connectivity index is 2.58. The van der Waals surface area contributed by atoms with Gasteiger partial charge in [0.25, 0.3) is 0 Å². The van der Waals surface area contributed by atoms with Crippen molar-refractivity contribution in [2.75, 3.05) is 11.5 Å². The highest BCUT2D eigenvalue weighted by molar-refractivity contribution is 7.89. The quantitative estimate of drug-likeness (QED) is 0.611. The minimum absolute atomic E-state index is 0.0603. The third-order valence-electron chi connectivity index (χ3n) is 1.61. The number of nitrogens with two attached hydrogens (primary N) is 1. The van der Waals surface area contributed by atoms with Crippen molar-refractivity contribution in [1.29, 1.82) is 0 Å². The number of nitrogens with zero attached hydrogens (tertiary/aromatic N) is 1. The summed E-state index contributed by atoms with van der Waals surface area (Å²) in [5.41, 5.74) is 6.11. The van der Waals surface area contributed by atoms with E-state index in [2.05, 4.69) is 14.9 Å². The fourth-order valence-corrected chi connectivity index (χ4v) is 1.33. The van der Waals surface area contributed by atoms with Gasteiger partial charge in [0.15, 0.2) is 0 Å². The van der Waals surface area contributed by atoms with Gasteiger partial charge in [0.1, 0.15) is 5.82 Å². The molecule has 74 valence electrons. The van der Waals surface area contributed by atoms with Gasteiger partial charge in [-0.15, -0.1) is 0 Å². The van der Waals surface area contributed by atoms with Crippen LogP contribution in [0.2, 0.25) is 0 Å². The number of nitrogens with one attached hydrogen (secondary N) is 2. The molecule has 0 atom stereocenters. The second-order valence-corrected chi connectivity index (χ2v) is 4.63. The molecule has 6 nitrogen and oxygen atoms in total. The van der Waals surface area contributed by atoms with Crippen molar-refractivity contribution < 1.29 is 8.42 Å². The minimum atomic E-state index is -3.16. The summed E-state index contributed by atoms with van der Waals surface area (Å²) in [6.45, 7) is 1.75. The maximum absolute atomic E-state index is 11.0. The zero-order chi connectivity index (χ0) is 9.90. The van der Waals surface area contributed by atoms with Crippen molar-refractivity contribution in [1.82, 2.24) is 14.9 Å². The summed E-state index contributed by atoms with van der Waals surface area (Å²) in [6.07, 6.45) is 1.49. The molecule has 0 unspecified atom stereocenters. The van der Waals surface area contributed by atoms with Crippen LogP contribution in [0.25, 0.3) is 0 Å². The summed E-state index contributed by atoms with van der Waals surface area (Å²) in [5.74, 6) is 0.448. The van der Waals surface area contributed by atoms with E-state index in [1.807, 2.05) is 0 Å². The molecule has 1 rings (SSSR count). The van der Waals surface area contributed by atoms with Crippen LogP contribution in [0.5, 0.6) is 0 Å². The van der Waals surface area contributed by atoms with E-state index in [0.29, 0.717) is 11.4 Å². The first-order chi connectivity index (χ1) is 6.05. The van der Waals surface area contributed by atoms with E-state index < -0.39 is 10.0 Å². The number of hydrogen-bond acceptors (Lipinski definition) is 4. The molecular formula is C6H12N4O2S. The summed E-state index contributed by atoms with van der Waals surface area (Å²) in [6, 6.07) is 0. The van der Waals surface area contributed by atoms with E-state index in [0.717, 1.165) is 0 Å². The van der Waals surface area contributed by atoms with Crippen LogP contribution in [-0.2, 0) is 16.6 Å². The number of sulfonamides is 1. The van der Waals surface area contributed by atoms with Crippen molar-refractivity contribution in [3.63, 3.8) is 0 Å². The lowest BCUT2D eigenvalue weighted by Crippen LogP contribution is -2.24. The Labute approximate surface area is 76.6 Å². The average Bonchev–Trinajstić information content (AvgIpc) is 2.48. The van der Waals surface area contributed by atoms with E-state index >= 15 is 0 Å². The second-order valence-electron chi connectivity index (χ2n) is 2.53. The molecule has 0 radical (unpaired) electrons. The largest absolute Gasteiger partial charge is 0.384 e. The van der Waals surface area contributed by atoms with Gasteiger partial charge in [-0.25, -0.2) is 13.1 Å². The molecule has 0 aliphatic carbocycles.